The summed E-state index contributed by atoms with van der Waals surface area (Å²) in [4.78, 5) is 19.4. The molecular weight excluding hydrogens is 743 g/mol. The molecule has 0 aliphatic rings. The van der Waals surface area contributed by atoms with E-state index in [0.717, 1.165) is 44.6 Å². The van der Waals surface area contributed by atoms with E-state index in [4.69, 9.17) is 15.0 Å². The van der Waals surface area contributed by atoms with Crippen molar-refractivity contribution < 1.29 is 0 Å². The number of nitrogens with zero attached hydrogens (tertiary/aromatic N) is 5. The highest BCUT2D eigenvalue weighted by Gasteiger charge is 2.18. The summed E-state index contributed by atoms with van der Waals surface area (Å²) in [6, 6.07) is 71.0. The molecule has 0 bridgehead atoms. The van der Waals surface area contributed by atoms with Gasteiger partial charge in [0.25, 0.3) is 0 Å². The molecule has 0 saturated carbocycles. The van der Waals surface area contributed by atoms with Crippen molar-refractivity contribution in [3.05, 3.63) is 213 Å². The van der Waals surface area contributed by atoms with Crippen molar-refractivity contribution in [1.82, 2.24) is 24.5 Å². The number of rotatable bonds is 6. The van der Waals surface area contributed by atoms with Crippen LogP contribution in [0.4, 0.5) is 0 Å². The van der Waals surface area contributed by atoms with E-state index in [9.17, 15) is 0 Å². The van der Waals surface area contributed by atoms with Crippen molar-refractivity contribution in [2.45, 2.75) is 0 Å². The summed E-state index contributed by atoms with van der Waals surface area (Å²) in [7, 11) is 0. The van der Waals surface area contributed by atoms with E-state index in [1.165, 1.54) is 54.1 Å². The SMILES string of the molecule is c1ccc(-c2nc(-c3ccc(-c4ccc5c(c4)c4ccccc4c4cc6c(cc54)c4ccccc4n6-c4ccccc4)cc3)nc(-c3cccc(-c4cccnc4)c3)n2)cc1. The fraction of sp³-hybridized carbons (Fsp3) is 0. The largest absolute Gasteiger partial charge is 0.309 e. The average molecular weight is 778 g/mol. The number of benzene rings is 9. The zero-order valence-electron chi connectivity index (χ0n) is 32.9. The van der Waals surface area contributed by atoms with Gasteiger partial charge in [-0.05, 0) is 97.5 Å². The molecule has 12 aromatic rings. The van der Waals surface area contributed by atoms with Gasteiger partial charge in [0.2, 0.25) is 0 Å². The van der Waals surface area contributed by atoms with Crippen LogP contribution in [0, 0.1) is 0 Å². The summed E-state index contributed by atoms with van der Waals surface area (Å²) in [6.45, 7) is 0. The summed E-state index contributed by atoms with van der Waals surface area (Å²) in [5.41, 5.74) is 10.7. The van der Waals surface area contributed by atoms with Crippen molar-refractivity contribution in [3.63, 3.8) is 0 Å². The van der Waals surface area contributed by atoms with Gasteiger partial charge in [0.05, 0.1) is 11.0 Å². The maximum absolute atomic E-state index is 5.06. The minimum Gasteiger partial charge on any atom is -0.309 e. The molecule has 3 heterocycles. The van der Waals surface area contributed by atoms with E-state index in [1.54, 1.807) is 6.20 Å². The van der Waals surface area contributed by atoms with Gasteiger partial charge in [-0.2, -0.15) is 0 Å². The van der Waals surface area contributed by atoms with Gasteiger partial charge >= 0.3 is 0 Å². The standard InChI is InChI=1S/C56H35N5/c1-3-13-37(14-4-1)54-58-55(60-56(59-54)41-16-11-15-39(31-41)42-17-12-30-57-35-42)38-26-24-36(25-27-38)40-28-29-46-48(32-40)44-20-7-8-21-45(44)50-34-53-51(33-49(46)50)47-22-9-10-23-52(47)61(53)43-18-5-2-6-19-43/h1-35H. The highest BCUT2D eigenvalue weighted by molar-refractivity contribution is 6.29. The van der Waals surface area contributed by atoms with Crippen LogP contribution in [0.15, 0.2) is 213 Å². The lowest BCUT2D eigenvalue weighted by Gasteiger charge is -2.14. The molecule has 5 heteroatoms. The second-order valence-corrected chi connectivity index (χ2v) is 15.5. The Labute approximate surface area is 351 Å². The highest BCUT2D eigenvalue weighted by atomic mass is 15.0. The van der Waals surface area contributed by atoms with Crippen molar-refractivity contribution in [1.29, 1.82) is 0 Å². The predicted molar refractivity (Wildman–Crippen MR) is 252 cm³/mol. The Kier molecular flexibility index (Phi) is 8.10. The van der Waals surface area contributed by atoms with Gasteiger partial charge in [-0.1, -0.05) is 152 Å². The average Bonchev–Trinajstić information content (AvgIpc) is 3.67. The first-order valence-corrected chi connectivity index (χ1v) is 20.5. The molecule has 0 saturated heterocycles. The van der Waals surface area contributed by atoms with Gasteiger partial charge in [-0.15, -0.1) is 0 Å². The van der Waals surface area contributed by atoms with Crippen LogP contribution in [-0.4, -0.2) is 24.5 Å². The number of hydrogen-bond acceptors (Lipinski definition) is 4. The third-order valence-corrected chi connectivity index (χ3v) is 11.9. The quantitative estimate of drug-likeness (QED) is 0.158. The summed E-state index contributed by atoms with van der Waals surface area (Å²) in [5, 5.41) is 9.97. The van der Waals surface area contributed by atoms with Gasteiger partial charge in [0, 0.05) is 51.1 Å². The van der Waals surface area contributed by atoms with Crippen molar-refractivity contribution >= 4 is 54.1 Å². The Morgan fingerprint density at radius 3 is 1.54 bits per heavy atom. The first kappa shape index (κ1) is 34.7. The van der Waals surface area contributed by atoms with Crippen molar-refractivity contribution in [3.8, 4) is 62.1 Å². The van der Waals surface area contributed by atoms with Crippen molar-refractivity contribution in [2.75, 3.05) is 0 Å². The van der Waals surface area contributed by atoms with Crippen LogP contribution in [0.2, 0.25) is 0 Å². The van der Waals surface area contributed by atoms with E-state index in [1.807, 2.05) is 48.7 Å². The fourth-order valence-corrected chi connectivity index (χ4v) is 8.98. The topological polar surface area (TPSA) is 56.5 Å². The van der Waals surface area contributed by atoms with Crippen molar-refractivity contribution in [2.24, 2.45) is 0 Å². The molecule has 0 aliphatic carbocycles. The molecule has 0 amide bonds. The van der Waals surface area contributed by atoms with Gasteiger partial charge in [0.15, 0.2) is 17.5 Å². The molecule has 0 atom stereocenters. The van der Waals surface area contributed by atoms with Crippen LogP contribution in [0.5, 0.6) is 0 Å². The molecule has 0 radical (unpaired) electrons. The molecule has 12 rings (SSSR count). The minimum atomic E-state index is 0.620. The molecule has 284 valence electrons. The van der Waals surface area contributed by atoms with E-state index in [2.05, 4.69) is 167 Å². The lowest BCUT2D eigenvalue weighted by Crippen LogP contribution is -2.00. The number of fused-ring (bicyclic) bond motifs is 9. The van der Waals surface area contributed by atoms with Crippen LogP contribution < -0.4 is 0 Å². The third kappa shape index (κ3) is 5.94. The maximum Gasteiger partial charge on any atom is 0.164 e. The molecule has 0 fully saturated rings. The van der Waals surface area contributed by atoms with Crippen LogP contribution in [0.25, 0.3) is 116 Å². The molecule has 61 heavy (non-hydrogen) atoms. The van der Waals surface area contributed by atoms with Crippen LogP contribution >= 0.6 is 0 Å². The Morgan fingerprint density at radius 1 is 0.279 bits per heavy atom. The van der Waals surface area contributed by atoms with Gasteiger partial charge in [-0.25, -0.2) is 15.0 Å². The van der Waals surface area contributed by atoms with E-state index < -0.39 is 0 Å². The molecule has 0 spiro atoms. The lowest BCUT2D eigenvalue weighted by atomic mass is 9.91. The number of hydrogen-bond donors (Lipinski definition) is 0. The summed E-state index contributed by atoms with van der Waals surface area (Å²) in [6.07, 6.45) is 3.66. The number of pyridine rings is 1. The molecule has 9 aromatic carbocycles. The predicted octanol–water partition coefficient (Wildman–Crippen LogP) is 14.2. The van der Waals surface area contributed by atoms with Crippen LogP contribution in [-0.2, 0) is 0 Å². The van der Waals surface area contributed by atoms with E-state index in [-0.39, 0.29) is 0 Å². The van der Waals surface area contributed by atoms with Gasteiger partial charge < -0.3 is 4.57 Å². The smallest absolute Gasteiger partial charge is 0.164 e. The number of para-hydroxylation sites is 2. The molecular formula is C56H35N5. The normalized spacial score (nSPS) is 11.6. The lowest BCUT2D eigenvalue weighted by molar-refractivity contribution is 1.07. The first-order valence-electron chi connectivity index (χ1n) is 20.5. The molecule has 5 nitrogen and oxygen atoms in total. The van der Waals surface area contributed by atoms with E-state index in [0.29, 0.717) is 17.5 Å². The molecule has 0 unspecified atom stereocenters. The fourth-order valence-electron chi connectivity index (χ4n) is 8.98. The Morgan fingerprint density at radius 2 is 0.803 bits per heavy atom. The second-order valence-electron chi connectivity index (χ2n) is 15.5. The third-order valence-electron chi connectivity index (χ3n) is 11.9. The Balaban J connectivity index is 0.975. The highest BCUT2D eigenvalue weighted by Crippen LogP contribution is 2.42. The van der Waals surface area contributed by atoms with Crippen LogP contribution in [0.1, 0.15) is 0 Å². The Bertz CT molecular complexity index is 3620. The zero-order valence-corrected chi connectivity index (χ0v) is 32.9. The maximum atomic E-state index is 5.06. The van der Waals surface area contributed by atoms with Gasteiger partial charge in [-0.3, -0.25) is 4.98 Å². The molecule has 0 aliphatic heterocycles. The number of aromatic nitrogens is 5. The summed E-state index contributed by atoms with van der Waals surface area (Å²) >= 11 is 0. The monoisotopic (exact) mass is 777 g/mol. The van der Waals surface area contributed by atoms with E-state index >= 15 is 0 Å². The summed E-state index contributed by atoms with van der Waals surface area (Å²) < 4.78 is 2.40. The van der Waals surface area contributed by atoms with Crippen LogP contribution in [0.3, 0.4) is 0 Å². The van der Waals surface area contributed by atoms with Gasteiger partial charge in [0.1, 0.15) is 0 Å². The zero-order chi connectivity index (χ0) is 40.3. The first-order chi connectivity index (χ1) is 30.2. The molecule has 3 aromatic heterocycles. The Hall–Kier alpha value is -8.28. The summed E-state index contributed by atoms with van der Waals surface area (Å²) in [5.74, 6) is 1.87. The second kappa shape index (κ2) is 14.2. The minimum absolute atomic E-state index is 0.620. The molecule has 0 N–H and O–H groups in total.